The first-order valence-corrected chi connectivity index (χ1v) is 8.19. The molecule has 2 aromatic rings. The third-order valence-electron chi connectivity index (χ3n) is 3.14. The lowest BCUT2D eigenvalue weighted by Crippen LogP contribution is -2.17. The maximum atomic E-state index is 12.5. The van der Waals surface area contributed by atoms with Crippen molar-refractivity contribution >= 4 is 27.5 Å². The molecular formula is C17H21BrN2O2. The maximum absolute atomic E-state index is 12.5. The number of amides is 1. The molecule has 0 saturated carbocycles. The summed E-state index contributed by atoms with van der Waals surface area (Å²) in [6.07, 6.45) is 1.90. The van der Waals surface area contributed by atoms with Gasteiger partial charge in [0.2, 0.25) is 0 Å². The Morgan fingerprint density at radius 2 is 2.09 bits per heavy atom. The monoisotopic (exact) mass is 364 g/mol. The standard InChI is InChI=1S/C17H21BrN2O2/c1-4-20-10-13(18)9-15(20)17(21)19-14-7-5-6-8-16(14)22-11-12(2)3/h5-10,12H,4,11H2,1-3H3,(H,19,21). The number of carbonyl (C=O) groups excluding carboxylic acids is 1. The van der Waals surface area contributed by atoms with Crippen molar-refractivity contribution in [3.63, 3.8) is 0 Å². The highest BCUT2D eigenvalue weighted by Gasteiger charge is 2.14. The van der Waals surface area contributed by atoms with Gasteiger partial charge in [0.25, 0.3) is 5.91 Å². The maximum Gasteiger partial charge on any atom is 0.272 e. The summed E-state index contributed by atoms with van der Waals surface area (Å²) in [7, 11) is 0. The molecule has 2 rings (SSSR count). The van der Waals surface area contributed by atoms with E-state index in [0.29, 0.717) is 29.7 Å². The van der Waals surface area contributed by atoms with Crippen LogP contribution >= 0.6 is 15.9 Å². The molecule has 0 unspecified atom stereocenters. The molecule has 1 amide bonds. The molecule has 0 atom stereocenters. The Labute approximate surface area is 139 Å². The number of ether oxygens (including phenoxy) is 1. The summed E-state index contributed by atoms with van der Waals surface area (Å²) < 4.78 is 8.56. The van der Waals surface area contributed by atoms with Crippen LogP contribution in [0.1, 0.15) is 31.3 Å². The number of para-hydroxylation sites is 2. The largest absolute Gasteiger partial charge is 0.491 e. The van der Waals surface area contributed by atoms with Crippen molar-refractivity contribution in [1.82, 2.24) is 4.57 Å². The average molecular weight is 365 g/mol. The second kappa shape index (κ2) is 7.49. The molecule has 0 saturated heterocycles. The van der Waals surface area contributed by atoms with E-state index in [9.17, 15) is 4.79 Å². The molecule has 1 N–H and O–H groups in total. The number of nitrogens with zero attached hydrogens (tertiary/aromatic N) is 1. The number of carbonyl (C=O) groups is 1. The van der Waals surface area contributed by atoms with Crippen LogP contribution in [-0.4, -0.2) is 17.1 Å². The molecule has 22 heavy (non-hydrogen) atoms. The van der Waals surface area contributed by atoms with Crippen LogP contribution in [0.4, 0.5) is 5.69 Å². The van der Waals surface area contributed by atoms with Crippen LogP contribution in [-0.2, 0) is 6.54 Å². The third-order valence-corrected chi connectivity index (χ3v) is 3.58. The lowest BCUT2D eigenvalue weighted by Gasteiger charge is -2.14. The number of benzene rings is 1. The smallest absolute Gasteiger partial charge is 0.272 e. The van der Waals surface area contributed by atoms with Crippen molar-refractivity contribution in [1.29, 1.82) is 0 Å². The van der Waals surface area contributed by atoms with Gasteiger partial charge < -0.3 is 14.6 Å². The zero-order chi connectivity index (χ0) is 16.1. The quantitative estimate of drug-likeness (QED) is 0.816. The number of nitrogens with one attached hydrogen (secondary N) is 1. The van der Waals surface area contributed by atoms with Gasteiger partial charge in [-0.05, 0) is 47.0 Å². The van der Waals surface area contributed by atoms with E-state index < -0.39 is 0 Å². The summed E-state index contributed by atoms with van der Waals surface area (Å²) in [5.74, 6) is 0.975. The fraction of sp³-hybridized carbons (Fsp3) is 0.353. The van der Waals surface area contributed by atoms with Crippen molar-refractivity contribution in [2.24, 2.45) is 5.92 Å². The summed E-state index contributed by atoms with van der Waals surface area (Å²) in [6.45, 7) is 7.53. The van der Waals surface area contributed by atoms with Gasteiger partial charge in [-0.2, -0.15) is 0 Å². The lowest BCUT2D eigenvalue weighted by molar-refractivity contribution is 0.101. The molecule has 0 bridgehead atoms. The first kappa shape index (κ1) is 16.6. The molecule has 0 fully saturated rings. The highest BCUT2D eigenvalue weighted by atomic mass is 79.9. The molecule has 5 heteroatoms. The number of hydrogen-bond acceptors (Lipinski definition) is 2. The summed E-state index contributed by atoms with van der Waals surface area (Å²) >= 11 is 3.41. The predicted octanol–water partition coefficient (Wildman–Crippen LogP) is 4.56. The Hall–Kier alpha value is -1.75. The molecule has 0 aliphatic heterocycles. The molecule has 1 aromatic carbocycles. The Morgan fingerprint density at radius 3 is 2.77 bits per heavy atom. The fourth-order valence-corrected chi connectivity index (χ4v) is 2.53. The van der Waals surface area contributed by atoms with Crippen LogP contribution in [0.2, 0.25) is 0 Å². The number of aromatic nitrogens is 1. The van der Waals surface area contributed by atoms with Crippen LogP contribution in [0.5, 0.6) is 5.75 Å². The van der Waals surface area contributed by atoms with Crippen LogP contribution in [0.3, 0.4) is 0 Å². The summed E-state index contributed by atoms with van der Waals surface area (Å²) in [5.41, 5.74) is 1.31. The van der Waals surface area contributed by atoms with E-state index in [4.69, 9.17) is 4.74 Å². The SMILES string of the molecule is CCn1cc(Br)cc1C(=O)Nc1ccccc1OCC(C)C. The topological polar surface area (TPSA) is 43.3 Å². The van der Waals surface area contributed by atoms with Crippen LogP contribution in [0, 0.1) is 5.92 Å². The first-order chi connectivity index (χ1) is 10.5. The Balaban J connectivity index is 2.17. The Kier molecular flexibility index (Phi) is 5.66. The van der Waals surface area contributed by atoms with Crippen molar-refractivity contribution < 1.29 is 9.53 Å². The van der Waals surface area contributed by atoms with Gasteiger partial charge in [-0.1, -0.05) is 26.0 Å². The van der Waals surface area contributed by atoms with Gasteiger partial charge in [-0.25, -0.2) is 0 Å². The van der Waals surface area contributed by atoms with Crippen molar-refractivity contribution in [2.75, 3.05) is 11.9 Å². The normalized spacial score (nSPS) is 10.8. The summed E-state index contributed by atoms with van der Waals surface area (Å²) in [5, 5.41) is 2.93. The number of halogens is 1. The van der Waals surface area contributed by atoms with Crippen molar-refractivity contribution in [3.8, 4) is 5.75 Å². The minimum Gasteiger partial charge on any atom is -0.491 e. The minimum absolute atomic E-state index is 0.145. The average Bonchev–Trinajstić information content (AvgIpc) is 2.87. The van der Waals surface area contributed by atoms with E-state index >= 15 is 0 Å². The van der Waals surface area contributed by atoms with E-state index in [1.54, 1.807) is 0 Å². The summed E-state index contributed by atoms with van der Waals surface area (Å²) in [6, 6.07) is 9.31. The Bertz CT molecular complexity index is 650. The van der Waals surface area contributed by atoms with E-state index in [0.717, 1.165) is 11.0 Å². The van der Waals surface area contributed by atoms with Crippen LogP contribution in [0.25, 0.3) is 0 Å². The van der Waals surface area contributed by atoms with E-state index in [1.807, 2.05) is 48.0 Å². The van der Waals surface area contributed by atoms with Gasteiger partial charge in [0, 0.05) is 17.2 Å². The zero-order valence-corrected chi connectivity index (χ0v) is 14.7. The van der Waals surface area contributed by atoms with Crippen molar-refractivity contribution in [2.45, 2.75) is 27.3 Å². The van der Waals surface area contributed by atoms with Crippen LogP contribution < -0.4 is 10.1 Å². The predicted molar refractivity (Wildman–Crippen MR) is 92.5 cm³/mol. The minimum atomic E-state index is -0.145. The van der Waals surface area contributed by atoms with E-state index in [1.165, 1.54) is 0 Å². The zero-order valence-electron chi connectivity index (χ0n) is 13.1. The van der Waals surface area contributed by atoms with Gasteiger partial charge in [0.05, 0.1) is 12.3 Å². The Morgan fingerprint density at radius 1 is 1.36 bits per heavy atom. The van der Waals surface area contributed by atoms with E-state index in [2.05, 4.69) is 35.1 Å². The molecule has 4 nitrogen and oxygen atoms in total. The second-order valence-corrected chi connectivity index (χ2v) is 6.40. The fourth-order valence-electron chi connectivity index (χ4n) is 2.07. The highest BCUT2D eigenvalue weighted by molar-refractivity contribution is 9.10. The summed E-state index contributed by atoms with van der Waals surface area (Å²) in [4.78, 5) is 12.5. The molecule has 0 spiro atoms. The lowest BCUT2D eigenvalue weighted by atomic mass is 10.2. The first-order valence-electron chi connectivity index (χ1n) is 7.40. The number of rotatable bonds is 6. The van der Waals surface area contributed by atoms with Gasteiger partial charge in [-0.15, -0.1) is 0 Å². The number of anilines is 1. The van der Waals surface area contributed by atoms with Crippen molar-refractivity contribution in [3.05, 3.63) is 46.7 Å². The van der Waals surface area contributed by atoms with Gasteiger partial charge >= 0.3 is 0 Å². The second-order valence-electron chi connectivity index (χ2n) is 5.48. The molecule has 0 radical (unpaired) electrons. The molecule has 0 aliphatic rings. The van der Waals surface area contributed by atoms with Crippen LogP contribution in [0.15, 0.2) is 41.0 Å². The number of hydrogen-bond donors (Lipinski definition) is 1. The van der Waals surface area contributed by atoms with E-state index in [-0.39, 0.29) is 5.91 Å². The third kappa shape index (κ3) is 4.13. The molecule has 1 heterocycles. The highest BCUT2D eigenvalue weighted by Crippen LogP contribution is 2.25. The molecule has 0 aliphatic carbocycles. The van der Waals surface area contributed by atoms with Gasteiger partial charge in [0.1, 0.15) is 11.4 Å². The molecule has 1 aromatic heterocycles. The molecule has 118 valence electrons. The van der Waals surface area contributed by atoms with Gasteiger partial charge in [-0.3, -0.25) is 4.79 Å². The molecular weight excluding hydrogens is 344 g/mol. The number of aryl methyl sites for hydroxylation is 1. The van der Waals surface area contributed by atoms with Gasteiger partial charge in [0.15, 0.2) is 0 Å².